The second-order valence-electron chi connectivity index (χ2n) is 12.5. The maximum Gasteiger partial charge on any atom is 0.236 e. The number of rotatable bonds is 13. The first-order valence-corrected chi connectivity index (χ1v) is 17.3. The smallest absolute Gasteiger partial charge is 0.236 e. The van der Waals surface area contributed by atoms with Gasteiger partial charge < -0.3 is 9.22 Å². The first-order valence-electron chi connectivity index (χ1n) is 14.5. The van der Waals surface area contributed by atoms with Gasteiger partial charge in [0.15, 0.2) is 16.7 Å². The molecule has 0 radical (unpaired) electrons. The summed E-state index contributed by atoms with van der Waals surface area (Å²) in [6.45, 7) is 4.63. The lowest BCUT2D eigenvalue weighted by atomic mass is 9.81. The van der Waals surface area contributed by atoms with Crippen LogP contribution in [0.1, 0.15) is 37.9 Å². The monoisotopic (exact) mass is 701 g/mol. The van der Waals surface area contributed by atoms with E-state index in [2.05, 4.69) is 9.71 Å². The first-order chi connectivity index (χ1) is 21.4. The molecule has 1 N–H and O–H groups in total. The average molecular weight is 702 g/mol. The van der Waals surface area contributed by atoms with Crippen molar-refractivity contribution in [3.05, 3.63) is 92.9 Å². The summed E-state index contributed by atoms with van der Waals surface area (Å²) in [7, 11) is 3.22. The second-order valence-corrected chi connectivity index (χ2v) is 15.7. The van der Waals surface area contributed by atoms with Gasteiger partial charge in [0, 0.05) is 42.2 Å². The fourth-order valence-corrected chi connectivity index (χ4v) is 7.50. The topological polar surface area (TPSA) is 73.2 Å². The van der Waals surface area contributed by atoms with Gasteiger partial charge in [0.25, 0.3) is 0 Å². The number of sulfonamides is 1. The van der Waals surface area contributed by atoms with Gasteiger partial charge in [-0.25, -0.2) is 35.7 Å². The Balaban J connectivity index is 1.66. The summed E-state index contributed by atoms with van der Waals surface area (Å²) in [5.41, 5.74) is 0.722. The minimum Gasteiger partial charge on any atom is -0.494 e. The number of allylic oxidation sites excluding steroid dienone is 3. The quantitative estimate of drug-likeness (QED) is 0.0892. The van der Waals surface area contributed by atoms with E-state index in [-0.39, 0.29) is 33.5 Å². The lowest BCUT2D eigenvalue weighted by molar-refractivity contribution is -0.870. The maximum absolute atomic E-state index is 15.4. The van der Waals surface area contributed by atoms with Gasteiger partial charge in [0.05, 0.1) is 62.3 Å². The Kier molecular flexibility index (Phi) is 11.0. The van der Waals surface area contributed by atoms with Crippen LogP contribution in [0.5, 0.6) is 5.75 Å². The molecule has 0 saturated carbocycles. The number of nitrogens with one attached hydrogen (secondary N) is 1. The average Bonchev–Trinajstić information content (AvgIpc) is 3.41. The molecular formula is C32H38ClF4N4O3S2+. The van der Waals surface area contributed by atoms with Gasteiger partial charge in [-0.05, 0) is 35.9 Å². The molecule has 1 aromatic heterocycles. The van der Waals surface area contributed by atoms with Gasteiger partial charge in [-0.1, -0.05) is 43.3 Å². The Morgan fingerprint density at radius 2 is 1.83 bits per heavy atom. The van der Waals surface area contributed by atoms with Crippen molar-refractivity contribution in [2.75, 3.05) is 47.1 Å². The number of quaternary nitrogens is 1. The molecule has 4 rings (SSSR count). The van der Waals surface area contributed by atoms with Crippen LogP contribution < -0.4 is 9.46 Å². The molecule has 7 nitrogen and oxygen atoms in total. The predicted octanol–water partition coefficient (Wildman–Crippen LogP) is 7.10. The minimum atomic E-state index is -4.06. The predicted molar refractivity (Wildman–Crippen MR) is 175 cm³/mol. The van der Waals surface area contributed by atoms with Crippen LogP contribution in [-0.4, -0.2) is 75.7 Å². The highest BCUT2D eigenvalue weighted by Gasteiger charge is 2.33. The van der Waals surface area contributed by atoms with Gasteiger partial charge in [0.2, 0.25) is 10.0 Å². The number of nitrogens with zero attached hydrogens (tertiary/aromatic N) is 3. The lowest BCUT2D eigenvalue weighted by Gasteiger charge is -2.28. The van der Waals surface area contributed by atoms with Crippen LogP contribution in [0.15, 0.2) is 70.1 Å². The summed E-state index contributed by atoms with van der Waals surface area (Å²) in [5.74, 6) is -2.31. The summed E-state index contributed by atoms with van der Waals surface area (Å²) < 4.78 is 94.7. The van der Waals surface area contributed by atoms with Crippen LogP contribution in [0, 0.1) is 11.6 Å². The zero-order valence-electron chi connectivity index (χ0n) is 26.5. The van der Waals surface area contributed by atoms with Crippen LogP contribution in [0.25, 0.3) is 5.69 Å². The van der Waals surface area contributed by atoms with Crippen molar-refractivity contribution >= 4 is 33.4 Å². The molecule has 1 aliphatic carbocycles. The molecule has 1 unspecified atom stereocenters. The van der Waals surface area contributed by atoms with E-state index in [1.807, 2.05) is 35.0 Å². The summed E-state index contributed by atoms with van der Waals surface area (Å²) in [4.78, 5) is 4.20. The second kappa shape index (κ2) is 14.1. The zero-order chi connectivity index (χ0) is 34.0. The molecule has 14 heteroatoms. The molecule has 0 bridgehead atoms. The van der Waals surface area contributed by atoms with E-state index in [9.17, 15) is 17.2 Å². The molecule has 0 spiro atoms. The van der Waals surface area contributed by atoms with E-state index in [0.29, 0.717) is 33.0 Å². The SMILES string of the molecule is COc1cc(-n2c(C(C)(C)c3ccc(F)c(Cl)c3)cnc2SCC2=C(F)C=C(S(=O)(=O)NCCC[N+](C)(C)C)CC2F)ccc1F. The third-order valence-electron chi connectivity index (χ3n) is 7.76. The maximum atomic E-state index is 15.4. The van der Waals surface area contributed by atoms with Crippen molar-refractivity contribution in [1.82, 2.24) is 14.3 Å². The Morgan fingerprint density at radius 1 is 1.13 bits per heavy atom. The molecule has 0 saturated heterocycles. The van der Waals surface area contributed by atoms with E-state index >= 15 is 8.78 Å². The van der Waals surface area contributed by atoms with E-state index in [0.717, 1.165) is 24.4 Å². The van der Waals surface area contributed by atoms with Gasteiger partial charge in [-0.3, -0.25) is 4.57 Å². The number of methoxy groups -OCH3 is 1. The highest BCUT2D eigenvalue weighted by molar-refractivity contribution is 7.99. The third kappa shape index (κ3) is 8.17. The summed E-state index contributed by atoms with van der Waals surface area (Å²) in [6.07, 6.45) is 0.652. The number of halogens is 5. The molecule has 0 fully saturated rings. The van der Waals surface area contributed by atoms with Crippen molar-refractivity contribution in [1.29, 1.82) is 0 Å². The zero-order valence-corrected chi connectivity index (χ0v) is 28.9. The standard InChI is InChI=1S/C32H38ClF4N4O3S2/c1-32(2,20-8-10-25(34)24(33)14-20)30-18-38-31(40(30)21-9-11-26(35)29(15-21)44-6)45-19-23-27(36)16-22(17-28(23)37)46(42,43)39-12-7-13-41(3,4)5/h8-11,14-16,18,28,39H,7,12-13,17,19H2,1-6H3/q+1. The van der Waals surface area contributed by atoms with Crippen LogP contribution in [0.3, 0.4) is 0 Å². The molecule has 1 heterocycles. The fourth-order valence-electron chi connectivity index (χ4n) is 5.03. The fraction of sp³-hybridized carbons (Fsp3) is 0.406. The van der Waals surface area contributed by atoms with Crippen molar-refractivity contribution in [3.8, 4) is 11.4 Å². The summed E-state index contributed by atoms with van der Waals surface area (Å²) in [6, 6.07) is 8.61. The van der Waals surface area contributed by atoms with Gasteiger partial charge in [-0.2, -0.15) is 0 Å². The van der Waals surface area contributed by atoms with Gasteiger partial charge in [0.1, 0.15) is 17.8 Å². The molecule has 250 valence electrons. The number of aromatic nitrogens is 2. The van der Waals surface area contributed by atoms with Crippen molar-refractivity contribution in [3.63, 3.8) is 0 Å². The number of thioether (sulfide) groups is 1. The Hall–Kier alpha value is -2.84. The Morgan fingerprint density at radius 3 is 2.46 bits per heavy atom. The highest BCUT2D eigenvalue weighted by Crippen LogP contribution is 2.39. The van der Waals surface area contributed by atoms with E-state index in [1.54, 1.807) is 16.8 Å². The number of hydrogen-bond donors (Lipinski definition) is 1. The number of hydrogen-bond acceptors (Lipinski definition) is 5. The van der Waals surface area contributed by atoms with E-state index < -0.39 is 45.5 Å². The van der Waals surface area contributed by atoms with Crippen molar-refractivity contribution in [2.45, 2.75) is 43.4 Å². The Labute approximate surface area is 276 Å². The molecule has 0 aliphatic heterocycles. The minimum absolute atomic E-state index is 0.0226. The van der Waals surface area contributed by atoms with Crippen LogP contribution in [-0.2, 0) is 15.4 Å². The number of imidazole rings is 1. The molecule has 2 aromatic carbocycles. The largest absolute Gasteiger partial charge is 0.494 e. The van der Waals surface area contributed by atoms with Crippen LogP contribution >= 0.6 is 23.4 Å². The summed E-state index contributed by atoms with van der Waals surface area (Å²) >= 11 is 7.13. The molecular weight excluding hydrogens is 664 g/mol. The molecule has 1 aliphatic rings. The molecule has 3 aromatic rings. The number of ether oxygens (including phenoxy) is 1. The molecule has 1 atom stereocenters. The van der Waals surface area contributed by atoms with Crippen molar-refractivity contribution in [2.24, 2.45) is 0 Å². The number of alkyl halides is 1. The first kappa shape index (κ1) is 36.0. The molecule has 46 heavy (non-hydrogen) atoms. The normalized spacial score (nSPS) is 16.2. The number of benzene rings is 2. The Bertz CT molecular complexity index is 1770. The van der Waals surface area contributed by atoms with Crippen molar-refractivity contribution < 1.29 is 35.2 Å². The molecule has 0 amide bonds. The highest BCUT2D eigenvalue weighted by atomic mass is 35.5. The van der Waals surface area contributed by atoms with E-state index in [1.165, 1.54) is 37.4 Å². The van der Waals surface area contributed by atoms with Crippen LogP contribution in [0.4, 0.5) is 17.6 Å². The van der Waals surface area contributed by atoms with Crippen LogP contribution in [0.2, 0.25) is 5.02 Å². The van der Waals surface area contributed by atoms with Gasteiger partial charge in [-0.15, -0.1) is 0 Å². The van der Waals surface area contributed by atoms with Gasteiger partial charge >= 0.3 is 0 Å². The third-order valence-corrected chi connectivity index (χ3v) is 10.6. The summed E-state index contributed by atoms with van der Waals surface area (Å²) in [5, 5.41) is 0.274. The lowest BCUT2D eigenvalue weighted by Crippen LogP contribution is -2.37. The van der Waals surface area contributed by atoms with E-state index in [4.69, 9.17) is 16.3 Å².